The molecule has 0 radical (unpaired) electrons. The van der Waals surface area contributed by atoms with Crippen LogP contribution in [0.25, 0.3) is 0 Å². The van der Waals surface area contributed by atoms with E-state index in [1.807, 2.05) is 0 Å². The quantitative estimate of drug-likeness (QED) is 0.408. The third-order valence-electron chi connectivity index (χ3n) is 13.2. The van der Waals surface area contributed by atoms with E-state index in [1.54, 1.807) is 38.5 Å². The van der Waals surface area contributed by atoms with E-state index in [4.69, 9.17) is 0 Å². The molecule has 0 heteroatoms. The first-order valence-electron chi connectivity index (χ1n) is 15.1. The van der Waals surface area contributed by atoms with Gasteiger partial charge in [-0.15, -0.1) is 0 Å². The standard InChI is InChI=1S/C32H56/c1-23(14-18-30(4)16-8-7-9-17-30)26-12-13-27-25-11-10-24-22-29(2,3)20-21-31(24,5)28(25)15-19-32(26,27)6/h23-28H,7-22H2,1-6H3/t23-,24+,25+,26-,27+,28+,31+,32-/m1/s1. The van der Waals surface area contributed by atoms with Crippen molar-refractivity contribution in [3.8, 4) is 0 Å². The summed E-state index contributed by atoms with van der Waals surface area (Å²) in [5.74, 6) is 6.13. The number of hydrogen-bond acceptors (Lipinski definition) is 0. The van der Waals surface area contributed by atoms with E-state index in [0.29, 0.717) is 21.7 Å². The summed E-state index contributed by atoms with van der Waals surface area (Å²) in [6, 6.07) is 0. The summed E-state index contributed by atoms with van der Waals surface area (Å²) in [4.78, 5) is 0. The molecule has 0 aliphatic heterocycles. The Balaban J connectivity index is 1.27. The van der Waals surface area contributed by atoms with Gasteiger partial charge < -0.3 is 0 Å². The monoisotopic (exact) mass is 440 g/mol. The Morgan fingerprint density at radius 3 is 2.16 bits per heavy atom. The van der Waals surface area contributed by atoms with Crippen LogP contribution in [0.5, 0.6) is 0 Å². The topological polar surface area (TPSA) is 0 Å². The predicted molar refractivity (Wildman–Crippen MR) is 139 cm³/mol. The molecule has 0 aromatic rings. The molecule has 5 saturated carbocycles. The number of fused-ring (bicyclic) bond motifs is 5. The minimum Gasteiger partial charge on any atom is -0.0622 e. The third kappa shape index (κ3) is 3.94. The third-order valence-corrected chi connectivity index (χ3v) is 13.2. The van der Waals surface area contributed by atoms with Gasteiger partial charge in [0.1, 0.15) is 0 Å². The largest absolute Gasteiger partial charge is 0.0622 e. The van der Waals surface area contributed by atoms with Crippen molar-refractivity contribution in [2.24, 2.45) is 57.2 Å². The summed E-state index contributed by atoms with van der Waals surface area (Å²) in [7, 11) is 0. The van der Waals surface area contributed by atoms with Crippen LogP contribution in [0, 0.1) is 57.2 Å². The van der Waals surface area contributed by atoms with Crippen LogP contribution in [0.2, 0.25) is 0 Å². The maximum absolute atomic E-state index is 2.78. The van der Waals surface area contributed by atoms with Gasteiger partial charge in [-0.05, 0) is 141 Å². The van der Waals surface area contributed by atoms with Crippen LogP contribution in [-0.2, 0) is 0 Å². The summed E-state index contributed by atoms with van der Waals surface area (Å²) < 4.78 is 0. The minimum atomic E-state index is 0.600. The molecule has 0 amide bonds. The lowest BCUT2D eigenvalue weighted by atomic mass is 9.43. The summed E-state index contributed by atoms with van der Waals surface area (Å²) in [6.07, 6.45) is 24.4. The average molecular weight is 441 g/mol. The Morgan fingerprint density at radius 1 is 0.688 bits per heavy atom. The molecule has 0 spiro atoms. The molecule has 5 rings (SSSR count). The van der Waals surface area contributed by atoms with Crippen LogP contribution < -0.4 is 0 Å². The first-order chi connectivity index (χ1) is 15.1. The fourth-order valence-corrected chi connectivity index (χ4v) is 11.0. The number of rotatable bonds is 4. The molecule has 0 nitrogen and oxygen atoms in total. The van der Waals surface area contributed by atoms with Crippen LogP contribution in [0.15, 0.2) is 0 Å². The molecule has 0 N–H and O–H groups in total. The summed E-state index contributed by atoms with van der Waals surface area (Å²) in [6.45, 7) is 15.9. The van der Waals surface area contributed by atoms with Crippen molar-refractivity contribution in [3.05, 3.63) is 0 Å². The Kier molecular flexibility index (Phi) is 6.15. The van der Waals surface area contributed by atoms with E-state index in [-0.39, 0.29) is 0 Å². The van der Waals surface area contributed by atoms with Crippen molar-refractivity contribution in [2.45, 2.75) is 144 Å². The zero-order valence-corrected chi connectivity index (χ0v) is 22.8. The smallest absolute Gasteiger partial charge is 0.0264 e. The van der Waals surface area contributed by atoms with Crippen LogP contribution in [0.1, 0.15) is 144 Å². The molecular weight excluding hydrogens is 384 g/mol. The van der Waals surface area contributed by atoms with Crippen LogP contribution in [0.4, 0.5) is 0 Å². The second-order valence-electron chi connectivity index (χ2n) is 15.6. The Hall–Kier alpha value is 0. The Morgan fingerprint density at radius 2 is 1.41 bits per heavy atom. The highest BCUT2D eigenvalue weighted by molar-refractivity contribution is 5.10. The van der Waals surface area contributed by atoms with Crippen LogP contribution in [-0.4, -0.2) is 0 Å². The SMILES string of the molecule is C[C@H](CCC1(C)CCCCC1)[C@H]1CC[C@H]2[C@@H]3CC[C@H]4CC(C)(C)CC[C@]4(C)[C@H]3CC[C@]12C. The van der Waals surface area contributed by atoms with Crippen molar-refractivity contribution < 1.29 is 0 Å². The van der Waals surface area contributed by atoms with Gasteiger partial charge >= 0.3 is 0 Å². The summed E-state index contributed by atoms with van der Waals surface area (Å²) >= 11 is 0. The van der Waals surface area contributed by atoms with Crippen molar-refractivity contribution in [1.29, 1.82) is 0 Å². The van der Waals surface area contributed by atoms with Gasteiger partial charge in [0.25, 0.3) is 0 Å². The van der Waals surface area contributed by atoms with Crippen molar-refractivity contribution in [3.63, 3.8) is 0 Å². The molecule has 0 bridgehead atoms. The van der Waals surface area contributed by atoms with Gasteiger partial charge in [0.2, 0.25) is 0 Å². The molecule has 0 aromatic carbocycles. The van der Waals surface area contributed by atoms with Gasteiger partial charge in [-0.25, -0.2) is 0 Å². The summed E-state index contributed by atoms with van der Waals surface area (Å²) in [5, 5.41) is 0. The summed E-state index contributed by atoms with van der Waals surface area (Å²) in [5.41, 5.74) is 2.60. The Labute approximate surface area is 201 Å². The highest BCUT2D eigenvalue weighted by Gasteiger charge is 2.61. The van der Waals surface area contributed by atoms with Gasteiger partial charge in [-0.1, -0.05) is 60.8 Å². The second kappa shape index (κ2) is 8.29. The fraction of sp³-hybridized carbons (Fsp3) is 1.00. The maximum atomic E-state index is 2.78. The molecular formula is C32H56. The predicted octanol–water partition coefficient (Wildman–Crippen LogP) is 10.1. The lowest BCUT2D eigenvalue weighted by Gasteiger charge is -2.62. The van der Waals surface area contributed by atoms with Crippen LogP contribution in [0.3, 0.4) is 0 Å². The molecule has 0 saturated heterocycles. The molecule has 184 valence electrons. The first-order valence-corrected chi connectivity index (χ1v) is 15.1. The lowest BCUT2D eigenvalue weighted by molar-refractivity contribution is -0.129. The molecule has 8 atom stereocenters. The fourth-order valence-electron chi connectivity index (χ4n) is 11.0. The second-order valence-corrected chi connectivity index (χ2v) is 15.6. The van der Waals surface area contributed by atoms with E-state index < -0.39 is 0 Å². The van der Waals surface area contributed by atoms with Crippen molar-refractivity contribution in [2.75, 3.05) is 0 Å². The van der Waals surface area contributed by atoms with Gasteiger partial charge in [-0.3, -0.25) is 0 Å². The number of hydrogen-bond donors (Lipinski definition) is 0. The Bertz CT molecular complexity index is 668. The van der Waals surface area contributed by atoms with Gasteiger partial charge in [0.15, 0.2) is 0 Å². The van der Waals surface area contributed by atoms with E-state index in [9.17, 15) is 0 Å². The molecule has 0 heterocycles. The maximum Gasteiger partial charge on any atom is -0.0264 e. The molecule has 32 heavy (non-hydrogen) atoms. The van der Waals surface area contributed by atoms with Gasteiger partial charge in [0, 0.05) is 0 Å². The molecule has 5 aliphatic carbocycles. The molecule has 0 aromatic heterocycles. The van der Waals surface area contributed by atoms with E-state index in [1.165, 1.54) is 64.2 Å². The zero-order chi connectivity index (χ0) is 22.8. The van der Waals surface area contributed by atoms with E-state index in [2.05, 4.69) is 41.5 Å². The normalized spacial score (nSPS) is 48.4. The van der Waals surface area contributed by atoms with E-state index >= 15 is 0 Å². The van der Waals surface area contributed by atoms with E-state index in [0.717, 1.165) is 35.5 Å². The zero-order valence-electron chi connectivity index (χ0n) is 22.8. The first kappa shape index (κ1) is 23.7. The average Bonchev–Trinajstić information content (AvgIpc) is 3.10. The minimum absolute atomic E-state index is 0.600. The van der Waals surface area contributed by atoms with Crippen LogP contribution >= 0.6 is 0 Å². The van der Waals surface area contributed by atoms with Crippen molar-refractivity contribution >= 4 is 0 Å². The lowest BCUT2D eigenvalue weighted by Crippen LogP contribution is -2.54. The highest BCUT2D eigenvalue weighted by Crippen LogP contribution is 2.69. The molecule has 5 fully saturated rings. The van der Waals surface area contributed by atoms with Gasteiger partial charge in [-0.2, -0.15) is 0 Å². The highest BCUT2D eigenvalue weighted by atomic mass is 14.7. The van der Waals surface area contributed by atoms with Crippen molar-refractivity contribution in [1.82, 2.24) is 0 Å². The molecule has 5 aliphatic rings. The molecule has 0 unspecified atom stereocenters. The van der Waals surface area contributed by atoms with Gasteiger partial charge in [0.05, 0.1) is 0 Å².